The average Bonchev–Trinajstić information content (AvgIpc) is 3.27. The fourth-order valence-corrected chi connectivity index (χ4v) is 4.91. The summed E-state index contributed by atoms with van der Waals surface area (Å²) in [6, 6.07) is 14.5. The maximum absolute atomic E-state index is 12.4. The van der Waals surface area contributed by atoms with Gasteiger partial charge in [-0.15, -0.1) is 11.3 Å². The van der Waals surface area contributed by atoms with Crippen LogP contribution in [0.1, 0.15) is 21.1 Å². The number of benzene rings is 1. The minimum Gasteiger partial charge on any atom is -0.346 e. The van der Waals surface area contributed by atoms with E-state index in [-0.39, 0.29) is 16.7 Å². The lowest BCUT2D eigenvalue weighted by molar-refractivity contribution is 0.0946. The van der Waals surface area contributed by atoms with Crippen LogP contribution in [0.15, 0.2) is 52.7 Å². The number of nitrogens with zero attached hydrogens (tertiary/aromatic N) is 3. The van der Waals surface area contributed by atoms with Gasteiger partial charge in [-0.1, -0.05) is 18.2 Å². The molecule has 2 heterocycles. The molecule has 0 aliphatic carbocycles. The molecule has 142 valence electrons. The fourth-order valence-electron chi connectivity index (χ4n) is 2.45. The van der Waals surface area contributed by atoms with Crippen molar-refractivity contribution < 1.29 is 13.2 Å². The van der Waals surface area contributed by atoms with Crippen LogP contribution >= 0.6 is 11.3 Å². The van der Waals surface area contributed by atoms with Crippen molar-refractivity contribution in [3.05, 3.63) is 64.8 Å². The Labute approximate surface area is 162 Å². The summed E-state index contributed by atoms with van der Waals surface area (Å²) in [5.74, 6) is -0.307. The Kier molecular flexibility index (Phi) is 5.45. The molecule has 0 atom stereocenters. The molecule has 1 amide bonds. The molecule has 0 fully saturated rings. The van der Waals surface area contributed by atoms with E-state index in [4.69, 9.17) is 0 Å². The zero-order valence-corrected chi connectivity index (χ0v) is 16.8. The summed E-state index contributed by atoms with van der Waals surface area (Å²) < 4.78 is 27.4. The van der Waals surface area contributed by atoms with Gasteiger partial charge in [-0.25, -0.2) is 17.4 Å². The molecule has 0 aliphatic heterocycles. The van der Waals surface area contributed by atoms with Crippen molar-refractivity contribution in [1.82, 2.24) is 19.4 Å². The number of carbonyl (C=O) groups excluding carboxylic acids is 1. The molecule has 0 radical (unpaired) electrons. The molecule has 0 saturated carbocycles. The van der Waals surface area contributed by atoms with Gasteiger partial charge in [-0.05, 0) is 37.3 Å². The van der Waals surface area contributed by atoms with Crippen molar-refractivity contribution in [3.8, 4) is 5.69 Å². The van der Waals surface area contributed by atoms with E-state index in [0.717, 1.165) is 27.6 Å². The number of hydrogen-bond donors (Lipinski definition) is 1. The highest BCUT2D eigenvalue weighted by Gasteiger charge is 2.20. The molecule has 3 rings (SSSR count). The van der Waals surface area contributed by atoms with Crippen molar-refractivity contribution in [2.75, 3.05) is 14.1 Å². The molecule has 3 aromatic rings. The summed E-state index contributed by atoms with van der Waals surface area (Å²) in [7, 11) is -0.480. The molecule has 1 aromatic carbocycles. The van der Waals surface area contributed by atoms with E-state index >= 15 is 0 Å². The number of aromatic nitrogens is 2. The largest absolute Gasteiger partial charge is 0.346 e. The van der Waals surface area contributed by atoms with Crippen LogP contribution < -0.4 is 5.32 Å². The van der Waals surface area contributed by atoms with Crippen LogP contribution in [-0.2, 0) is 16.6 Å². The second-order valence-corrected chi connectivity index (χ2v) is 9.66. The van der Waals surface area contributed by atoms with E-state index in [1.54, 1.807) is 22.9 Å². The van der Waals surface area contributed by atoms with E-state index in [1.807, 2.05) is 37.3 Å². The number of carbonyl (C=O) groups is 1. The van der Waals surface area contributed by atoms with Crippen LogP contribution in [0.25, 0.3) is 5.69 Å². The number of rotatable bonds is 6. The molecular weight excluding hydrogens is 384 g/mol. The molecule has 7 nitrogen and oxygen atoms in total. The average molecular weight is 405 g/mol. The van der Waals surface area contributed by atoms with Crippen LogP contribution in [0, 0.1) is 6.92 Å². The van der Waals surface area contributed by atoms with Gasteiger partial charge >= 0.3 is 0 Å². The normalized spacial score (nSPS) is 11.7. The van der Waals surface area contributed by atoms with Gasteiger partial charge in [0.15, 0.2) is 5.69 Å². The molecule has 0 unspecified atom stereocenters. The van der Waals surface area contributed by atoms with Gasteiger partial charge < -0.3 is 5.32 Å². The number of sulfonamides is 1. The highest BCUT2D eigenvalue weighted by atomic mass is 32.2. The Morgan fingerprint density at radius 1 is 1.19 bits per heavy atom. The van der Waals surface area contributed by atoms with E-state index in [1.165, 1.54) is 18.4 Å². The van der Waals surface area contributed by atoms with Crippen molar-refractivity contribution >= 4 is 27.3 Å². The molecule has 9 heteroatoms. The van der Waals surface area contributed by atoms with Crippen molar-refractivity contribution in [2.24, 2.45) is 0 Å². The fraction of sp³-hybridized carbons (Fsp3) is 0.222. The third-order valence-corrected chi connectivity index (χ3v) is 7.28. The first-order valence-electron chi connectivity index (χ1n) is 8.20. The Morgan fingerprint density at radius 3 is 2.56 bits per heavy atom. The molecule has 2 aromatic heterocycles. The predicted octanol–water partition coefficient (Wildman–Crippen LogP) is 2.42. The van der Waals surface area contributed by atoms with Crippen LogP contribution in [0.4, 0.5) is 0 Å². The van der Waals surface area contributed by atoms with E-state index in [9.17, 15) is 13.2 Å². The summed E-state index contributed by atoms with van der Waals surface area (Å²) in [4.78, 5) is 13.2. The minimum absolute atomic E-state index is 0.240. The predicted molar refractivity (Wildman–Crippen MR) is 105 cm³/mol. The standard InChI is InChI=1S/C18H20N4O3S2/c1-13-11-16(20-22(13)14-7-5-4-6-8-14)18(23)19-12-15-9-10-17(26-15)27(24,25)21(2)3/h4-11H,12H2,1-3H3,(H,19,23). The second-order valence-electron chi connectivity index (χ2n) is 6.11. The Morgan fingerprint density at radius 2 is 1.89 bits per heavy atom. The molecule has 27 heavy (non-hydrogen) atoms. The first kappa shape index (κ1) is 19.3. The molecule has 1 N–H and O–H groups in total. The van der Waals surface area contributed by atoms with Crippen molar-refractivity contribution in [3.63, 3.8) is 0 Å². The number of para-hydroxylation sites is 1. The lowest BCUT2D eigenvalue weighted by atomic mass is 10.3. The molecule has 0 spiro atoms. The number of hydrogen-bond acceptors (Lipinski definition) is 5. The molecule has 0 bridgehead atoms. The Balaban J connectivity index is 1.70. The summed E-state index contributed by atoms with van der Waals surface area (Å²) in [6.45, 7) is 2.12. The van der Waals surface area contributed by atoms with Gasteiger partial charge in [-0.3, -0.25) is 4.79 Å². The molecule has 0 saturated heterocycles. The Hall–Kier alpha value is -2.49. The third-order valence-electron chi connectivity index (χ3n) is 3.92. The van der Waals surface area contributed by atoms with Crippen molar-refractivity contribution in [1.29, 1.82) is 0 Å². The summed E-state index contributed by atoms with van der Waals surface area (Å²) in [5, 5.41) is 7.15. The first-order chi connectivity index (χ1) is 12.8. The van der Waals surface area contributed by atoms with Crippen molar-refractivity contribution in [2.45, 2.75) is 17.7 Å². The maximum Gasteiger partial charge on any atom is 0.272 e. The lowest BCUT2D eigenvalue weighted by Gasteiger charge is -2.08. The zero-order valence-electron chi connectivity index (χ0n) is 15.2. The second kappa shape index (κ2) is 7.63. The SMILES string of the molecule is Cc1cc(C(=O)NCc2ccc(S(=O)(=O)N(C)C)s2)nn1-c1ccccc1. The van der Waals surface area contributed by atoms with Gasteiger partial charge in [0, 0.05) is 24.7 Å². The monoisotopic (exact) mass is 404 g/mol. The number of thiophene rings is 1. The highest BCUT2D eigenvalue weighted by molar-refractivity contribution is 7.91. The molecular formula is C18H20N4O3S2. The number of nitrogens with one attached hydrogen (secondary N) is 1. The number of aryl methyl sites for hydroxylation is 1. The van der Waals surface area contributed by atoms with Crippen LogP contribution in [0.3, 0.4) is 0 Å². The maximum atomic E-state index is 12.4. The van der Waals surface area contributed by atoms with Crippen LogP contribution in [0.2, 0.25) is 0 Å². The van der Waals surface area contributed by atoms with Gasteiger partial charge in [0.25, 0.3) is 15.9 Å². The number of amides is 1. The summed E-state index contributed by atoms with van der Waals surface area (Å²) >= 11 is 1.14. The quantitative estimate of drug-likeness (QED) is 0.684. The van der Waals surface area contributed by atoms with E-state index < -0.39 is 10.0 Å². The lowest BCUT2D eigenvalue weighted by Crippen LogP contribution is -2.23. The Bertz CT molecular complexity index is 1050. The van der Waals surface area contributed by atoms with Gasteiger partial charge in [-0.2, -0.15) is 5.10 Å². The van der Waals surface area contributed by atoms with Crippen LogP contribution in [-0.4, -0.2) is 42.5 Å². The minimum atomic E-state index is -3.46. The zero-order chi connectivity index (χ0) is 19.6. The summed E-state index contributed by atoms with van der Waals surface area (Å²) in [6.07, 6.45) is 0. The van der Waals surface area contributed by atoms with Gasteiger partial charge in [0.1, 0.15) is 4.21 Å². The summed E-state index contributed by atoms with van der Waals surface area (Å²) in [5.41, 5.74) is 2.04. The first-order valence-corrected chi connectivity index (χ1v) is 10.5. The van der Waals surface area contributed by atoms with Crippen LogP contribution in [0.5, 0.6) is 0 Å². The smallest absolute Gasteiger partial charge is 0.272 e. The molecule has 0 aliphatic rings. The van der Waals surface area contributed by atoms with Gasteiger partial charge in [0.2, 0.25) is 0 Å². The van der Waals surface area contributed by atoms with Gasteiger partial charge in [0.05, 0.1) is 12.2 Å². The topological polar surface area (TPSA) is 84.3 Å². The van der Waals surface area contributed by atoms with E-state index in [2.05, 4.69) is 10.4 Å². The highest BCUT2D eigenvalue weighted by Crippen LogP contribution is 2.23. The third kappa shape index (κ3) is 4.10. The van der Waals surface area contributed by atoms with E-state index in [0.29, 0.717) is 5.69 Å².